The van der Waals surface area contributed by atoms with E-state index < -0.39 is 5.60 Å². The van der Waals surface area contributed by atoms with Crippen molar-refractivity contribution in [2.24, 2.45) is 0 Å². The van der Waals surface area contributed by atoms with Crippen LogP contribution in [0.5, 0.6) is 0 Å². The van der Waals surface area contributed by atoms with Gasteiger partial charge >= 0.3 is 0 Å². The average Bonchev–Trinajstić information content (AvgIpc) is 3.17. The van der Waals surface area contributed by atoms with E-state index in [2.05, 4.69) is 10.4 Å². The van der Waals surface area contributed by atoms with Gasteiger partial charge in [-0.1, -0.05) is 12.8 Å². The topological polar surface area (TPSA) is 87.5 Å². The summed E-state index contributed by atoms with van der Waals surface area (Å²) in [5.41, 5.74) is -0.792. The maximum atomic E-state index is 12.4. The first-order chi connectivity index (χ1) is 11.0. The van der Waals surface area contributed by atoms with Crippen LogP contribution in [0.3, 0.4) is 0 Å². The lowest BCUT2D eigenvalue weighted by Crippen LogP contribution is -2.37. The summed E-state index contributed by atoms with van der Waals surface area (Å²) < 4.78 is 1.81. The normalized spacial score (nSPS) is 23.2. The molecule has 0 spiro atoms. The Kier molecular flexibility index (Phi) is 4.39. The highest BCUT2D eigenvalue weighted by Gasteiger charge is 2.37. The zero-order valence-corrected chi connectivity index (χ0v) is 13.5. The number of nitrogens with one attached hydrogen (secondary N) is 1. The van der Waals surface area contributed by atoms with Crippen LogP contribution in [0, 0.1) is 0 Å². The van der Waals surface area contributed by atoms with Crippen molar-refractivity contribution in [3.63, 3.8) is 0 Å². The largest absolute Gasteiger partial charge is 0.389 e. The Hall–Kier alpha value is -1.89. The van der Waals surface area contributed by atoms with Crippen molar-refractivity contribution in [3.05, 3.63) is 12.3 Å². The molecule has 0 aromatic carbocycles. The van der Waals surface area contributed by atoms with Gasteiger partial charge in [0.15, 0.2) is 5.82 Å². The molecule has 2 N–H and O–H groups in total. The number of aliphatic hydroxyl groups is 1. The standard InChI is InChI=1S/C16H24N4O3/c1-12(21)17-14-5-9-20(18-14)13-4-8-19(11-13)15(22)10-16(23)6-2-3-7-16/h5,9,13,23H,2-4,6-8,10-11H2,1H3,(H,17,18,21). The minimum atomic E-state index is -0.792. The minimum absolute atomic E-state index is 0.0335. The number of rotatable bonds is 4. The Morgan fingerprint density at radius 1 is 1.43 bits per heavy atom. The van der Waals surface area contributed by atoms with Crippen LogP contribution < -0.4 is 5.32 Å². The van der Waals surface area contributed by atoms with Crippen LogP contribution in [-0.4, -0.2) is 50.3 Å². The van der Waals surface area contributed by atoms with Gasteiger partial charge in [0, 0.05) is 32.3 Å². The molecule has 1 saturated heterocycles. The molecule has 1 unspecified atom stereocenters. The third-order valence-electron chi connectivity index (χ3n) is 4.82. The minimum Gasteiger partial charge on any atom is -0.389 e. The lowest BCUT2D eigenvalue weighted by Gasteiger charge is -2.25. The van der Waals surface area contributed by atoms with E-state index in [0.717, 1.165) is 32.1 Å². The second-order valence-electron chi connectivity index (χ2n) is 6.75. The molecule has 7 heteroatoms. The van der Waals surface area contributed by atoms with E-state index in [9.17, 15) is 14.7 Å². The lowest BCUT2D eigenvalue weighted by atomic mass is 9.97. The fraction of sp³-hybridized carbons (Fsp3) is 0.688. The molecular weight excluding hydrogens is 296 g/mol. The van der Waals surface area contributed by atoms with Crippen molar-refractivity contribution >= 4 is 17.6 Å². The van der Waals surface area contributed by atoms with Gasteiger partial charge in [-0.15, -0.1) is 0 Å². The van der Waals surface area contributed by atoms with Crippen LogP contribution in [-0.2, 0) is 9.59 Å². The zero-order valence-electron chi connectivity index (χ0n) is 13.5. The van der Waals surface area contributed by atoms with Gasteiger partial charge in [-0.3, -0.25) is 14.3 Å². The number of amides is 2. The summed E-state index contributed by atoms with van der Waals surface area (Å²) in [7, 11) is 0. The number of nitrogens with zero attached hydrogens (tertiary/aromatic N) is 3. The molecule has 0 bridgehead atoms. The first-order valence-corrected chi connectivity index (χ1v) is 8.28. The molecule has 0 radical (unpaired) electrons. The third kappa shape index (κ3) is 3.72. The molecule has 23 heavy (non-hydrogen) atoms. The van der Waals surface area contributed by atoms with Gasteiger partial charge in [0.25, 0.3) is 0 Å². The molecule has 2 amide bonds. The van der Waals surface area contributed by atoms with E-state index in [1.807, 2.05) is 15.8 Å². The number of aromatic nitrogens is 2. The highest BCUT2D eigenvalue weighted by atomic mass is 16.3. The predicted molar refractivity (Wildman–Crippen MR) is 84.8 cm³/mol. The fourth-order valence-electron chi connectivity index (χ4n) is 3.58. The van der Waals surface area contributed by atoms with Crippen LogP contribution in [0.1, 0.15) is 51.5 Å². The van der Waals surface area contributed by atoms with Crippen molar-refractivity contribution in [1.82, 2.24) is 14.7 Å². The Morgan fingerprint density at radius 3 is 2.87 bits per heavy atom. The summed E-state index contributed by atoms with van der Waals surface area (Å²) >= 11 is 0. The molecule has 3 rings (SSSR count). The first kappa shape index (κ1) is 16.0. The summed E-state index contributed by atoms with van der Waals surface area (Å²) in [5, 5.41) is 17.4. The van der Waals surface area contributed by atoms with E-state index in [-0.39, 0.29) is 24.3 Å². The number of carbonyl (C=O) groups is 2. The van der Waals surface area contributed by atoms with Crippen molar-refractivity contribution in [3.8, 4) is 0 Å². The SMILES string of the molecule is CC(=O)Nc1ccn(C2CCN(C(=O)CC3(O)CCCC3)C2)n1. The zero-order chi connectivity index (χ0) is 16.4. The number of carbonyl (C=O) groups excluding carboxylic acids is 2. The fourth-order valence-corrected chi connectivity index (χ4v) is 3.58. The van der Waals surface area contributed by atoms with Crippen LogP contribution in [0.15, 0.2) is 12.3 Å². The molecule has 1 atom stereocenters. The van der Waals surface area contributed by atoms with Gasteiger partial charge in [-0.2, -0.15) is 5.10 Å². The highest BCUT2D eigenvalue weighted by molar-refractivity contribution is 5.87. The van der Waals surface area contributed by atoms with Crippen LogP contribution in [0.2, 0.25) is 0 Å². The summed E-state index contributed by atoms with van der Waals surface area (Å²) in [5.74, 6) is 0.414. The molecule has 1 aliphatic heterocycles. The van der Waals surface area contributed by atoms with Gasteiger partial charge in [0.1, 0.15) is 0 Å². The molecule has 126 valence electrons. The van der Waals surface area contributed by atoms with Crippen LogP contribution in [0.4, 0.5) is 5.82 Å². The van der Waals surface area contributed by atoms with E-state index >= 15 is 0 Å². The van der Waals surface area contributed by atoms with Gasteiger partial charge in [-0.25, -0.2) is 0 Å². The first-order valence-electron chi connectivity index (χ1n) is 8.28. The Balaban J connectivity index is 1.56. The molecule has 1 aromatic heterocycles. The maximum absolute atomic E-state index is 12.4. The molecule has 1 aromatic rings. The maximum Gasteiger partial charge on any atom is 0.225 e. The summed E-state index contributed by atoms with van der Waals surface area (Å²) in [6, 6.07) is 1.88. The van der Waals surface area contributed by atoms with Crippen molar-refractivity contribution < 1.29 is 14.7 Å². The van der Waals surface area contributed by atoms with E-state index in [0.29, 0.717) is 18.9 Å². The number of anilines is 1. The van der Waals surface area contributed by atoms with Crippen LogP contribution >= 0.6 is 0 Å². The van der Waals surface area contributed by atoms with Crippen molar-refractivity contribution in [1.29, 1.82) is 0 Å². The van der Waals surface area contributed by atoms with E-state index in [1.54, 1.807) is 6.07 Å². The number of likely N-dealkylation sites (tertiary alicyclic amines) is 1. The monoisotopic (exact) mass is 320 g/mol. The second kappa shape index (κ2) is 6.31. The molecular formula is C16H24N4O3. The van der Waals surface area contributed by atoms with E-state index in [1.165, 1.54) is 6.92 Å². The second-order valence-corrected chi connectivity index (χ2v) is 6.75. The van der Waals surface area contributed by atoms with Gasteiger partial charge < -0.3 is 15.3 Å². The number of hydrogen-bond acceptors (Lipinski definition) is 4. The Morgan fingerprint density at radius 2 is 2.17 bits per heavy atom. The molecule has 1 saturated carbocycles. The molecule has 2 heterocycles. The molecule has 7 nitrogen and oxygen atoms in total. The smallest absolute Gasteiger partial charge is 0.225 e. The van der Waals surface area contributed by atoms with Gasteiger partial charge in [0.2, 0.25) is 11.8 Å². The highest BCUT2D eigenvalue weighted by Crippen LogP contribution is 2.33. The van der Waals surface area contributed by atoms with Crippen LogP contribution in [0.25, 0.3) is 0 Å². The summed E-state index contributed by atoms with van der Waals surface area (Å²) in [4.78, 5) is 25.3. The average molecular weight is 320 g/mol. The summed E-state index contributed by atoms with van der Waals surface area (Å²) in [6.45, 7) is 2.74. The molecule has 1 aliphatic carbocycles. The van der Waals surface area contributed by atoms with Crippen molar-refractivity contribution in [2.45, 2.75) is 57.1 Å². The Labute approximate surface area is 135 Å². The predicted octanol–water partition coefficient (Wildman–Crippen LogP) is 1.31. The van der Waals surface area contributed by atoms with Gasteiger partial charge in [-0.05, 0) is 19.3 Å². The lowest BCUT2D eigenvalue weighted by molar-refractivity contribution is -0.135. The van der Waals surface area contributed by atoms with Crippen molar-refractivity contribution in [2.75, 3.05) is 18.4 Å². The van der Waals surface area contributed by atoms with Gasteiger partial charge in [0.05, 0.1) is 18.1 Å². The third-order valence-corrected chi connectivity index (χ3v) is 4.82. The Bertz CT molecular complexity index is 592. The summed E-state index contributed by atoms with van der Waals surface area (Å²) in [6.07, 6.45) is 6.37. The van der Waals surface area contributed by atoms with E-state index in [4.69, 9.17) is 0 Å². The quantitative estimate of drug-likeness (QED) is 0.875. The number of hydrogen-bond donors (Lipinski definition) is 2. The molecule has 2 fully saturated rings. The molecule has 2 aliphatic rings.